The highest BCUT2D eigenvalue weighted by Gasteiger charge is 2.27. The van der Waals surface area contributed by atoms with E-state index in [0.717, 1.165) is 45.2 Å². The Kier molecular flexibility index (Phi) is 5.49. The molecule has 26 heavy (non-hydrogen) atoms. The molecule has 0 saturated carbocycles. The lowest BCUT2D eigenvalue weighted by Gasteiger charge is -2.22. The number of anilines is 1. The van der Waals surface area contributed by atoms with Crippen LogP contribution in [0.5, 0.6) is 0 Å². The lowest BCUT2D eigenvalue weighted by molar-refractivity contribution is 0.0920. The van der Waals surface area contributed by atoms with Gasteiger partial charge < -0.3 is 4.74 Å². The summed E-state index contributed by atoms with van der Waals surface area (Å²) in [7, 11) is 0. The van der Waals surface area contributed by atoms with Crippen LogP contribution in [0, 0.1) is 0 Å². The molecule has 0 aliphatic carbocycles. The van der Waals surface area contributed by atoms with Crippen molar-refractivity contribution in [2.45, 2.75) is 18.9 Å². The van der Waals surface area contributed by atoms with E-state index in [0.29, 0.717) is 6.54 Å². The molecule has 1 amide bonds. The number of aromatic nitrogens is 1. The number of hydrogen-bond acceptors (Lipinski definition) is 5. The van der Waals surface area contributed by atoms with Crippen molar-refractivity contribution < 1.29 is 9.53 Å². The summed E-state index contributed by atoms with van der Waals surface area (Å²) < 4.78 is 6.79. The highest BCUT2D eigenvalue weighted by atomic mass is 79.9. The summed E-state index contributed by atoms with van der Waals surface area (Å²) in [5.74, 6) is -0.00722. The molecule has 4 rings (SSSR count). The zero-order valence-corrected chi connectivity index (χ0v) is 17.1. The van der Waals surface area contributed by atoms with Crippen LogP contribution in [0.2, 0.25) is 0 Å². The average Bonchev–Trinajstić information content (AvgIpc) is 3.42. The summed E-state index contributed by atoms with van der Waals surface area (Å²) in [4.78, 5) is 20.3. The number of hydrogen-bond donors (Lipinski definition) is 0. The van der Waals surface area contributed by atoms with Gasteiger partial charge in [0.25, 0.3) is 5.91 Å². The molecule has 4 nitrogen and oxygen atoms in total. The minimum absolute atomic E-state index is 0.00722. The van der Waals surface area contributed by atoms with E-state index < -0.39 is 0 Å². The van der Waals surface area contributed by atoms with Crippen molar-refractivity contribution in [1.29, 1.82) is 0 Å². The summed E-state index contributed by atoms with van der Waals surface area (Å²) in [5.41, 5.74) is 1.92. The quantitative estimate of drug-likeness (QED) is 0.520. The van der Waals surface area contributed by atoms with E-state index in [1.807, 2.05) is 47.2 Å². The summed E-state index contributed by atoms with van der Waals surface area (Å²) >= 11 is 6.41. The van der Waals surface area contributed by atoms with Crippen molar-refractivity contribution in [3.63, 3.8) is 0 Å². The molecule has 134 valence electrons. The fourth-order valence-corrected chi connectivity index (χ4v) is 4.69. The Morgan fingerprint density at radius 3 is 2.81 bits per heavy atom. The molecule has 3 aromatic rings. The lowest BCUT2D eigenvalue weighted by atomic mass is 10.2. The number of thiazole rings is 1. The molecule has 1 unspecified atom stereocenters. The van der Waals surface area contributed by atoms with Crippen LogP contribution in [-0.2, 0) is 4.74 Å². The van der Waals surface area contributed by atoms with E-state index in [2.05, 4.69) is 15.9 Å². The Morgan fingerprint density at radius 1 is 1.27 bits per heavy atom. The molecular formula is C19H17BrN2O2S2. The standard InChI is InChI=1S/C19H17BrN2O2S2/c20-14-7-5-13(6-8-14)16-12-26-19(21-16)22(11-15-3-1-9-24-15)18(23)17-4-2-10-25-17/h2,4-8,10,12,15H,1,3,9,11H2. The number of thiophene rings is 1. The van der Waals surface area contributed by atoms with Crippen LogP contribution in [0.15, 0.2) is 51.6 Å². The summed E-state index contributed by atoms with van der Waals surface area (Å²) in [6, 6.07) is 11.8. The van der Waals surface area contributed by atoms with Gasteiger partial charge in [-0.3, -0.25) is 9.69 Å². The molecule has 1 fully saturated rings. The Labute approximate surface area is 168 Å². The van der Waals surface area contributed by atoms with Crippen molar-refractivity contribution in [2.24, 2.45) is 0 Å². The second-order valence-corrected chi connectivity index (χ2v) is 8.75. The predicted octanol–water partition coefficient (Wildman–Crippen LogP) is 5.46. The maximum atomic E-state index is 13.0. The first kappa shape index (κ1) is 17.9. The number of benzene rings is 1. The van der Waals surface area contributed by atoms with Crippen molar-refractivity contribution in [2.75, 3.05) is 18.1 Å². The van der Waals surface area contributed by atoms with Gasteiger partial charge >= 0.3 is 0 Å². The number of carbonyl (C=O) groups excluding carboxylic acids is 1. The van der Waals surface area contributed by atoms with E-state index in [1.165, 1.54) is 22.7 Å². The molecule has 0 bridgehead atoms. The van der Waals surface area contributed by atoms with Gasteiger partial charge in [0, 0.05) is 22.0 Å². The normalized spacial score (nSPS) is 16.7. The Balaban J connectivity index is 1.62. The molecule has 0 N–H and O–H groups in total. The molecule has 1 saturated heterocycles. The smallest absolute Gasteiger partial charge is 0.270 e. The van der Waals surface area contributed by atoms with E-state index in [4.69, 9.17) is 9.72 Å². The molecule has 7 heteroatoms. The monoisotopic (exact) mass is 448 g/mol. The van der Waals surface area contributed by atoms with Crippen LogP contribution in [-0.4, -0.2) is 30.1 Å². The lowest BCUT2D eigenvalue weighted by Crippen LogP contribution is -2.37. The van der Waals surface area contributed by atoms with Crippen molar-refractivity contribution in [3.05, 3.63) is 56.5 Å². The van der Waals surface area contributed by atoms with Crippen molar-refractivity contribution >= 4 is 49.6 Å². The average molecular weight is 449 g/mol. The molecule has 1 aromatic carbocycles. The number of amides is 1. The second-order valence-electron chi connectivity index (χ2n) is 6.05. The first-order chi connectivity index (χ1) is 12.7. The first-order valence-corrected chi connectivity index (χ1v) is 10.9. The van der Waals surface area contributed by atoms with Gasteiger partial charge in [-0.05, 0) is 36.4 Å². The molecule has 0 radical (unpaired) electrons. The summed E-state index contributed by atoms with van der Waals surface area (Å²) in [6.45, 7) is 1.32. The first-order valence-electron chi connectivity index (χ1n) is 8.39. The fraction of sp³-hybridized carbons (Fsp3) is 0.263. The van der Waals surface area contributed by atoms with Crippen molar-refractivity contribution in [1.82, 2.24) is 4.98 Å². The van der Waals surface area contributed by atoms with E-state index >= 15 is 0 Å². The number of ether oxygens (including phenoxy) is 1. The molecular weight excluding hydrogens is 432 g/mol. The second kappa shape index (κ2) is 8.00. The van der Waals surface area contributed by atoms with E-state index in [-0.39, 0.29) is 12.0 Å². The van der Waals surface area contributed by atoms with Crippen LogP contribution >= 0.6 is 38.6 Å². The minimum Gasteiger partial charge on any atom is -0.376 e. The zero-order valence-electron chi connectivity index (χ0n) is 13.9. The van der Waals surface area contributed by atoms with E-state index in [9.17, 15) is 4.79 Å². The fourth-order valence-electron chi connectivity index (χ4n) is 2.91. The third-order valence-corrected chi connectivity index (χ3v) is 6.50. The SMILES string of the molecule is O=C(c1cccs1)N(CC1CCCO1)c1nc(-c2ccc(Br)cc2)cs1. The van der Waals surface area contributed by atoms with Gasteiger partial charge in [-0.2, -0.15) is 0 Å². The van der Waals surface area contributed by atoms with Gasteiger partial charge in [0.15, 0.2) is 5.13 Å². The van der Waals surface area contributed by atoms with Gasteiger partial charge in [0.05, 0.1) is 23.2 Å². The maximum absolute atomic E-state index is 13.0. The number of halogens is 1. The van der Waals surface area contributed by atoms with Crippen LogP contribution in [0.4, 0.5) is 5.13 Å². The molecule has 2 aromatic heterocycles. The number of rotatable bonds is 5. The third kappa shape index (κ3) is 3.91. The van der Waals surface area contributed by atoms with Crippen LogP contribution in [0.25, 0.3) is 11.3 Å². The topological polar surface area (TPSA) is 42.4 Å². The molecule has 1 atom stereocenters. The number of carbonyl (C=O) groups is 1. The van der Waals surface area contributed by atoms with Gasteiger partial charge in [-0.15, -0.1) is 22.7 Å². The highest BCUT2D eigenvalue weighted by molar-refractivity contribution is 9.10. The Bertz CT molecular complexity index is 871. The van der Waals surface area contributed by atoms with Gasteiger partial charge in [0.2, 0.25) is 0 Å². The third-order valence-electron chi connectivity index (χ3n) is 4.25. The van der Waals surface area contributed by atoms with Gasteiger partial charge in [-0.25, -0.2) is 4.98 Å². The van der Waals surface area contributed by atoms with Gasteiger partial charge in [0.1, 0.15) is 0 Å². The highest BCUT2D eigenvalue weighted by Crippen LogP contribution is 2.30. The molecule has 3 heterocycles. The van der Waals surface area contributed by atoms with Crippen LogP contribution in [0.3, 0.4) is 0 Å². The van der Waals surface area contributed by atoms with Crippen molar-refractivity contribution in [3.8, 4) is 11.3 Å². The Morgan fingerprint density at radius 2 is 2.12 bits per heavy atom. The minimum atomic E-state index is -0.00722. The molecule has 1 aliphatic heterocycles. The zero-order chi connectivity index (χ0) is 17.9. The number of nitrogens with zero attached hydrogens (tertiary/aromatic N) is 2. The van der Waals surface area contributed by atoms with Crippen LogP contribution in [0.1, 0.15) is 22.5 Å². The molecule has 0 spiro atoms. The summed E-state index contributed by atoms with van der Waals surface area (Å²) in [5, 5.41) is 4.65. The van der Waals surface area contributed by atoms with Crippen LogP contribution < -0.4 is 4.90 Å². The maximum Gasteiger partial charge on any atom is 0.270 e. The van der Waals surface area contributed by atoms with E-state index in [1.54, 1.807) is 4.90 Å². The molecule has 1 aliphatic rings. The summed E-state index contributed by atoms with van der Waals surface area (Å²) in [6.07, 6.45) is 2.12. The predicted molar refractivity (Wildman–Crippen MR) is 110 cm³/mol. The van der Waals surface area contributed by atoms with Gasteiger partial charge in [-0.1, -0.05) is 34.1 Å². The Hall–Kier alpha value is -1.54. The largest absolute Gasteiger partial charge is 0.376 e.